The van der Waals surface area contributed by atoms with E-state index in [0.717, 1.165) is 25.6 Å². The molecule has 114 valence electrons. The van der Waals surface area contributed by atoms with Crippen molar-refractivity contribution in [2.24, 2.45) is 0 Å². The first-order chi connectivity index (χ1) is 10.2. The summed E-state index contributed by atoms with van der Waals surface area (Å²) in [4.78, 5) is 15.9. The van der Waals surface area contributed by atoms with Gasteiger partial charge in [-0.05, 0) is 38.3 Å². The van der Waals surface area contributed by atoms with Crippen LogP contribution in [0, 0.1) is 5.82 Å². The molecule has 2 N–H and O–H groups in total. The maximum absolute atomic E-state index is 13.6. The van der Waals surface area contributed by atoms with E-state index in [4.69, 9.17) is 0 Å². The van der Waals surface area contributed by atoms with E-state index in [-0.39, 0.29) is 23.1 Å². The van der Waals surface area contributed by atoms with E-state index in [2.05, 4.69) is 15.6 Å². The molecule has 1 aromatic heterocycles. The van der Waals surface area contributed by atoms with Gasteiger partial charge < -0.3 is 10.6 Å². The quantitative estimate of drug-likeness (QED) is 0.880. The third-order valence-corrected chi connectivity index (χ3v) is 4.79. The number of piperidine rings is 1. The summed E-state index contributed by atoms with van der Waals surface area (Å²) in [6.07, 6.45) is 10.6. The molecule has 0 bridgehead atoms. The van der Waals surface area contributed by atoms with Crippen LogP contribution in [0.25, 0.3) is 0 Å². The number of hydrogen-bond acceptors (Lipinski definition) is 3. The molecule has 3 rings (SSSR count). The molecule has 1 atom stereocenters. The number of aromatic nitrogens is 1. The molecule has 1 saturated heterocycles. The first-order valence-corrected chi connectivity index (χ1v) is 7.84. The maximum atomic E-state index is 13.6. The van der Waals surface area contributed by atoms with Crippen LogP contribution in [0.5, 0.6) is 0 Å². The summed E-state index contributed by atoms with van der Waals surface area (Å²) in [5.74, 6) is -0.885. The van der Waals surface area contributed by atoms with Crippen molar-refractivity contribution in [3.05, 3.63) is 29.8 Å². The molecule has 4 nitrogen and oxygen atoms in total. The number of amides is 1. The van der Waals surface area contributed by atoms with Gasteiger partial charge in [-0.1, -0.05) is 19.3 Å². The molecule has 1 aliphatic carbocycles. The number of nitrogens with one attached hydrogen (secondary N) is 2. The lowest BCUT2D eigenvalue weighted by Crippen LogP contribution is -2.57. The lowest BCUT2D eigenvalue weighted by molar-refractivity contribution is 0.0888. The molecule has 0 aromatic carbocycles. The Labute approximate surface area is 124 Å². The summed E-state index contributed by atoms with van der Waals surface area (Å²) >= 11 is 0. The van der Waals surface area contributed by atoms with E-state index < -0.39 is 5.82 Å². The number of pyridine rings is 1. The standard InChI is InChI=1S/C16H22FN3O/c17-14-11-18-8-5-13(14)15(21)20-12-4-9-19-16(10-12)6-2-1-3-7-16/h5,8,11-12,19H,1-4,6-7,9-10H2,(H,20,21). The van der Waals surface area contributed by atoms with Crippen molar-refractivity contribution in [2.75, 3.05) is 6.54 Å². The molecule has 5 heteroatoms. The third kappa shape index (κ3) is 3.23. The molecular weight excluding hydrogens is 269 g/mol. The van der Waals surface area contributed by atoms with Crippen LogP contribution in [-0.4, -0.2) is 29.0 Å². The van der Waals surface area contributed by atoms with Crippen LogP contribution >= 0.6 is 0 Å². The second kappa shape index (κ2) is 6.10. The molecule has 0 radical (unpaired) electrons. The van der Waals surface area contributed by atoms with Gasteiger partial charge in [-0.15, -0.1) is 0 Å². The molecule has 1 spiro atoms. The van der Waals surface area contributed by atoms with E-state index in [1.807, 2.05) is 0 Å². The summed E-state index contributed by atoms with van der Waals surface area (Å²) < 4.78 is 13.6. The average Bonchev–Trinajstić information content (AvgIpc) is 2.48. The predicted octanol–water partition coefficient (Wildman–Crippen LogP) is 2.41. The van der Waals surface area contributed by atoms with Gasteiger partial charge in [-0.25, -0.2) is 4.39 Å². The molecule has 1 aromatic rings. The van der Waals surface area contributed by atoms with Crippen molar-refractivity contribution in [1.29, 1.82) is 0 Å². The minimum absolute atomic E-state index is 0.0845. The Morgan fingerprint density at radius 2 is 2.19 bits per heavy atom. The second-order valence-corrected chi connectivity index (χ2v) is 6.29. The minimum atomic E-state index is -0.559. The molecule has 1 aliphatic heterocycles. The Bertz CT molecular complexity index is 508. The Hall–Kier alpha value is -1.49. The molecule has 2 heterocycles. The van der Waals surface area contributed by atoms with Crippen LogP contribution in [0.1, 0.15) is 55.3 Å². The normalized spacial score (nSPS) is 24.7. The molecule has 1 saturated carbocycles. The van der Waals surface area contributed by atoms with Crippen molar-refractivity contribution < 1.29 is 9.18 Å². The second-order valence-electron chi connectivity index (χ2n) is 6.29. The zero-order valence-electron chi connectivity index (χ0n) is 12.2. The zero-order valence-corrected chi connectivity index (χ0v) is 12.2. The van der Waals surface area contributed by atoms with Gasteiger partial charge in [-0.3, -0.25) is 9.78 Å². The topological polar surface area (TPSA) is 54.0 Å². The smallest absolute Gasteiger partial charge is 0.254 e. The predicted molar refractivity (Wildman–Crippen MR) is 78.5 cm³/mol. The Kier molecular flexibility index (Phi) is 4.19. The number of rotatable bonds is 2. The number of carbonyl (C=O) groups is 1. The number of halogens is 1. The minimum Gasteiger partial charge on any atom is -0.349 e. The van der Waals surface area contributed by atoms with E-state index in [0.29, 0.717) is 0 Å². The fraction of sp³-hybridized carbons (Fsp3) is 0.625. The molecule has 2 fully saturated rings. The SMILES string of the molecule is O=C(NC1CCNC2(CCCCC2)C1)c1ccncc1F. The van der Waals surface area contributed by atoms with E-state index in [1.54, 1.807) is 0 Å². The number of carbonyl (C=O) groups excluding carboxylic acids is 1. The van der Waals surface area contributed by atoms with Crippen LogP contribution in [-0.2, 0) is 0 Å². The largest absolute Gasteiger partial charge is 0.349 e. The van der Waals surface area contributed by atoms with Gasteiger partial charge in [0.25, 0.3) is 5.91 Å². The Balaban J connectivity index is 1.65. The molecular formula is C16H22FN3O. The van der Waals surface area contributed by atoms with Crippen LogP contribution in [0.2, 0.25) is 0 Å². The van der Waals surface area contributed by atoms with E-state index in [9.17, 15) is 9.18 Å². The fourth-order valence-corrected chi connectivity index (χ4v) is 3.71. The summed E-state index contributed by atoms with van der Waals surface area (Å²) in [5.41, 5.74) is 0.270. The highest BCUT2D eigenvalue weighted by atomic mass is 19.1. The van der Waals surface area contributed by atoms with Crippen molar-refractivity contribution >= 4 is 5.91 Å². The molecule has 1 amide bonds. The van der Waals surface area contributed by atoms with Crippen LogP contribution in [0.15, 0.2) is 18.5 Å². The maximum Gasteiger partial charge on any atom is 0.254 e. The fourth-order valence-electron chi connectivity index (χ4n) is 3.71. The van der Waals surface area contributed by atoms with Crippen LogP contribution < -0.4 is 10.6 Å². The highest BCUT2D eigenvalue weighted by molar-refractivity contribution is 5.94. The van der Waals surface area contributed by atoms with Gasteiger partial charge in [0.15, 0.2) is 5.82 Å². The molecule has 2 aliphatic rings. The van der Waals surface area contributed by atoms with Gasteiger partial charge in [0.2, 0.25) is 0 Å². The number of hydrogen-bond donors (Lipinski definition) is 2. The van der Waals surface area contributed by atoms with Crippen LogP contribution in [0.3, 0.4) is 0 Å². The highest BCUT2D eigenvalue weighted by Crippen LogP contribution is 2.34. The molecule has 1 unspecified atom stereocenters. The van der Waals surface area contributed by atoms with Crippen molar-refractivity contribution in [1.82, 2.24) is 15.6 Å². The monoisotopic (exact) mass is 291 g/mol. The lowest BCUT2D eigenvalue weighted by Gasteiger charge is -2.44. The lowest BCUT2D eigenvalue weighted by atomic mass is 9.75. The Morgan fingerprint density at radius 1 is 1.38 bits per heavy atom. The third-order valence-electron chi connectivity index (χ3n) is 4.79. The van der Waals surface area contributed by atoms with Gasteiger partial charge in [0.05, 0.1) is 11.8 Å². The van der Waals surface area contributed by atoms with Crippen molar-refractivity contribution in [2.45, 2.75) is 56.5 Å². The Morgan fingerprint density at radius 3 is 2.95 bits per heavy atom. The van der Waals surface area contributed by atoms with Gasteiger partial charge >= 0.3 is 0 Å². The number of nitrogens with zero attached hydrogens (tertiary/aromatic N) is 1. The van der Waals surface area contributed by atoms with Crippen molar-refractivity contribution in [3.63, 3.8) is 0 Å². The first kappa shape index (κ1) is 14.4. The highest BCUT2D eigenvalue weighted by Gasteiger charge is 2.37. The van der Waals surface area contributed by atoms with E-state index >= 15 is 0 Å². The first-order valence-electron chi connectivity index (χ1n) is 7.84. The summed E-state index contributed by atoms with van der Waals surface area (Å²) in [6, 6.07) is 1.56. The summed E-state index contributed by atoms with van der Waals surface area (Å²) in [7, 11) is 0. The van der Waals surface area contributed by atoms with Crippen LogP contribution in [0.4, 0.5) is 4.39 Å². The van der Waals surface area contributed by atoms with Gasteiger partial charge in [0.1, 0.15) is 0 Å². The van der Waals surface area contributed by atoms with Crippen molar-refractivity contribution in [3.8, 4) is 0 Å². The molecule has 21 heavy (non-hydrogen) atoms. The van der Waals surface area contributed by atoms with Gasteiger partial charge in [0, 0.05) is 17.8 Å². The summed E-state index contributed by atoms with van der Waals surface area (Å²) in [5, 5.41) is 6.65. The average molecular weight is 291 g/mol. The summed E-state index contributed by atoms with van der Waals surface area (Å²) in [6.45, 7) is 0.920. The van der Waals surface area contributed by atoms with E-state index in [1.165, 1.54) is 44.4 Å². The van der Waals surface area contributed by atoms with Gasteiger partial charge in [-0.2, -0.15) is 0 Å². The zero-order chi connectivity index (χ0) is 14.7.